The predicted octanol–water partition coefficient (Wildman–Crippen LogP) is 3.67. The monoisotopic (exact) mass is 299 g/mol. The van der Waals surface area contributed by atoms with Crippen LogP contribution >= 0.6 is 0 Å². The maximum atomic E-state index is 10.8. The van der Waals surface area contributed by atoms with Gasteiger partial charge in [-0.3, -0.25) is 0 Å². The molecule has 0 saturated carbocycles. The first-order valence-electron chi connectivity index (χ1n) is 6.94. The Kier molecular flexibility index (Phi) is 4.84. The number of carbonyl (C=O) groups is 1. The fourth-order valence-corrected chi connectivity index (χ4v) is 2.08. The normalized spacial score (nSPS) is 11.7. The number of rotatable bonds is 6. The summed E-state index contributed by atoms with van der Waals surface area (Å²) in [6.07, 6.45) is 0.427. The van der Waals surface area contributed by atoms with E-state index in [0.29, 0.717) is 18.8 Å². The van der Waals surface area contributed by atoms with Crippen LogP contribution in [0.25, 0.3) is 0 Å². The number of benzene rings is 1. The standard InChI is InChI=1S/C17H17NO4/c1-11-3-4-12(2)16(9-11)21-8-7-13(10-18)14-5-6-15(22-14)17(19)20/h3-6,9,13H,7-8H2,1-2H3,(H,19,20). The summed E-state index contributed by atoms with van der Waals surface area (Å²) in [6.45, 7) is 4.30. The molecule has 1 aromatic carbocycles. The molecule has 0 fully saturated rings. The Morgan fingerprint density at radius 1 is 1.36 bits per heavy atom. The molecule has 5 nitrogen and oxygen atoms in total. The zero-order valence-electron chi connectivity index (χ0n) is 12.5. The smallest absolute Gasteiger partial charge is 0.371 e. The second-order valence-corrected chi connectivity index (χ2v) is 5.09. The number of hydrogen-bond acceptors (Lipinski definition) is 4. The van der Waals surface area contributed by atoms with Gasteiger partial charge in [0.1, 0.15) is 17.4 Å². The minimum absolute atomic E-state index is 0.161. The highest BCUT2D eigenvalue weighted by molar-refractivity contribution is 5.84. The number of nitriles is 1. The molecule has 0 bridgehead atoms. The van der Waals surface area contributed by atoms with Gasteiger partial charge in [0.05, 0.1) is 12.7 Å². The zero-order chi connectivity index (χ0) is 16.1. The van der Waals surface area contributed by atoms with Crippen molar-refractivity contribution in [2.45, 2.75) is 26.2 Å². The van der Waals surface area contributed by atoms with Gasteiger partial charge in [-0.15, -0.1) is 0 Å². The molecule has 0 radical (unpaired) electrons. The summed E-state index contributed by atoms with van der Waals surface area (Å²) in [5, 5.41) is 18.0. The van der Waals surface area contributed by atoms with Crippen LogP contribution in [0.5, 0.6) is 5.75 Å². The molecule has 22 heavy (non-hydrogen) atoms. The molecule has 1 aromatic heterocycles. The lowest BCUT2D eigenvalue weighted by Gasteiger charge is -2.11. The van der Waals surface area contributed by atoms with E-state index < -0.39 is 11.9 Å². The van der Waals surface area contributed by atoms with Crippen LogP contribution < -0.4 is 4.74 Å². The van der Waals surface area contributed by atoms with E-state index in [1.165, 1.54) is 12.1 Å². The molecule has 1 heterocycles. The van der Waals surface area contributed by atoms with E-state index in [1.807, 2.05) is 32.0 Å². The van der Waals surface area contributed by atoms with E-state index in [-0.39, 0.29) is 5.76 Å². The first-order chi connectivity index (χ1) is 10.5. The van der Waals surface area contributed by atoms with Gasteiger partial charge in [-0.25, -0.2) is 4.79 Å². The van der Waals surface area contributed by atoms with Crippen LogP contribution in [0.4, 0.5) is 0 Å². The van der Waals surface area contributed by atoms with Crippen LogP contribution in [0.2, 0.25) is 0 Å². The number of carboxylic acids is 1. The lowest BCUT2D eigenvalue weighted by molar-refractivity contribution is 0.0660. The summed E-state index contributed by atoms with van der Waals surface area (Å²) in [5.41, 5.74) is 2.14. The van der Waals surface area contributed by atoms with Gasteiger partial charge in [-0.05, 0) is 43.2 Å². The van der Waals surface area contributed by atoms with E-state index >= 15 is 0 Å². The van der Waals surface area contributed by atoms with Crippen molar-refractivity contribution in [2.24, 2.45) is 0 Å². The summed E-state index contributed by atoms with van der Waals surface area (Å²) >= 11 is 0. The summed E-state index contributed by atoms with van der Waals surface area (Å²) in [4.78, 5) is 10.8. The van der Waals surface area contributed by atoms with Crippen LogP contribution in [0.3, 0.4) is 0 Å². The second kappa shape index (κ2) is 6.81. The second-order valence-electron chi connectivity index (χ2n) is 5.09. The Balaban J connectivity index is 1.98. The molecule has 0 spiro atoms. The molecular formula is C17H17NO4. The zero-order valence-corrected chi connectivity index (χ0v) is 12.5. The highest BCUT2D eigenvalue weighted by Crippen LogP contribution is 2.24. The molecule has 0 amide bonds. The SMILES string of the molecule is Cc1ccc(C)c(OCCC(C#N)c2ccc(C(=O)O)o2)c1. The van der Waals surface area contributed by atoms with Crippen molar-refractivity contribution in [2.75, 3.05) is 6.61 Å². The topological polar surface area (TPSA) is 83.5 Å². The Hall–Kier alpha value is -2.74. The van der Waals surface area contributed by atoms with Gasteiger partial charge in [-0.2, -0.15) is 5.26 Å². The fourth-order valence-electron chi connectivity index (χ4n) is 2.08. The average molecular weight is 299 g/mol. The van der Waals surface area contributed by atoms with Gasteiger partial charge in [-0.1, -0.05) is 12.1 Å². The molecule has 2 aromatic rings. The van der Waals surface area contributed by atoms with Crippen molar-refractivity contribution in [1.82, 2.24) is 0 Å². The van der Waals surface area contributed by atoms with E-state index in [1.54, 1.807) is 0 Å². The Morgan fingerprint density at radius 2 is 2.14 bits per heavy atom. The molecule has 1 unspecified atom stereocenters. The summed E-state index contributed by atoms with van der Waals surface area (Å²) in [7, 11) is 0. The van der Waals surface area contributed by atoms with E-state index in [9.17, 15) is 10.1 Å². The number of carboxylic acid groups (broad SMARTS) is 1. The van der Waals surface area contributed by atoms with Gasteiger partial charge in [0.2, 0.25) is 5.76 Å². The molecule has 0 aliphatic rings. The van der Waals surface area contributed by atoms with Gasteiger partial charge < -0.3 is 14.3 Å². The molecule has 0 aliphatic carbocycles. The maximum absolute atomic E-state index is 10.8. The van der Waals surface area contributed by atoms with Crippen LogP contribution in [0.15, 0.2) is 34.7 Å². The predicted molar refractivity (Wildman–Crippen MR) is 80.0 cm³/mol. The summed E-state index contributed by atoms with van der Waals surface area (Å²) in [5.74, 6) is -0.690. The van der Waals surface area contributed by atoms with Crippen molar-refractivity contribution >= 4 is 5.97 Å². The molecule has 1 atom stereocenters. The highest BCUT2D eigenvalue weighted by Gasteiger charge is 2.18. The quantitative estimate of drug-likeness (QED) is 0.879. The Labute approximate surface area is 128 Å². The largest absolute Gasteiger partial charge is 0.493 e. The average Bonchev–Trinajstić information content (AvgIpc) is 2.97. The van der Waals surface area contributed by atoms with Crippen molar-refractivity contribution in [3.8, 4) is 11.8 Å². The molecule has 114 valence electrons. The molecular weight excluding hydrogens is 282 g/mol. The molecule has 5 heteroatoms. The first kappa shape index (κ1) is 15.6. The van der Waals surface area contributed by atoms with E-state index in [2.05, 4.69) is 6.07 Å². The lowest BCUT2D eigenvalue weighted by atomic mass is 10.1. The van der Waals surface area contributed by atoms with E-state index in [0.717, 1.165) is 16.9 Å². The minimum Gasteiger partial charge on any atom is -0.493 e. The third kappa shape index (κ3) is 3.67. The summed E-state index contributed by atoms with van der Waals surface area (Å²) < 4.78 is 10.9. The van der Waals surface area contributed by atoms with Crippen molar-refractivity contribution in [3.63, 3.8) is 0 Å². The third-order valence-corrected chi connectivity index (χ3v) is 3.34. The summed E-state index contributed by atoms with van der Waals surface area (Å²) in [6, 6.07) is 10.9. The highest BCUT2D eigenvalue weighted by atomic mass is 16.5. The number of furan rings is 1. The molecule has 2 rings (SSSR count). The Morgan fingerprint density at radius 3 is 2.77 bits per heavy atom. The fraction of sp³-hybridized carbons (Fsp3) is 0.294. The third-order valence-electron chi connectivity index (χ3n) is 3.34. The molecule has 1 N–H and O–H groups in total. The van der Waals surface area contributed by atoms with Crippen LogP contribution in [0.1, 0.15) is 39.8 Å². The van der Waals surface area contributed by atoms with Gasteiger partial charge in [0.25, 0.3) is 0 Å². The van der Waals surface area contributed by atoms with Crippen LogP contribution in [-0.2, 0) is 0 Å². The van der Waals surface area contributed by atoms with E-state index in [4.69, 9.17) is 14.3 Å². The van der Waals surface area contributed by atoms with Crippen molar-refractivity contribution in [3.05, 3.63) is 53.0 Å². The number of hydrogen-bond donors (Lipinski definition) is 1. The first-order valence-corrected chi connectivity index (χ1v) is 6.94. The Bertz CT molecular complexity index is 712. The number of aryl methyl sites for hydroxylation is 2. The van der Waals surface area contributed by atoms with Gasteiger partial charge in [0.15, 0.2) is 0 Å². The number of aromatic carboxylic acids is 1. The van der Waals surface area contributed by atoms with Gasteiger partial charge >= 0.3 is 5.97 Å². The number of nitrogens with zero attached hydrogens (tertiary/aromatic N) is 1. The molecule has 0 saturated heterocycles. The molecule has 0 aliphatic heterocycles. The van der Waals surface area contributed by atoms with Gasteiger partial charge in [0, 0.05) is 6.42 Å². The van der Waals surface area contributed by atoms with Crippen LogP contribution in [0, 0.1) is 25.2 Å². The number of ether oxygens (including phenoxy) is 1. The van der Waals surface area contributed by atoms with Crippen LogP contribution in [-0.4, -0.2) is 17.7 Å². The minimum atomic E-state index is -1.14. The van der Waals surface area contributed by atoms with Crippen molar-refractivity contribution < 1.29 is 19.1 Å². The van der Waals surface area contributed by atoms with Crippen molar-refractivity contribution in [1.29, 1.82) is 5.26 Å². The maximum Gasteiger partial charge on any atom is 0.371 e. The lowest BCUT2D eigenvalue weighted by Crippen LogP contribution is -2.05.